The molecule has 31 heavy (non-hydrogen) atoms. The second kappa shape index (κ2) is 8.64. The van der Waals surface area contributed by atoms with Crippen LogP contribution in [0.25, 0.3) is 11.3 Å². The number of nitrogens with zero attached hydrogens (tertiary/aromatic N) is 3. The van der Waals surface area contributed by atoms with E-state index in [1.807, 2.05) is 0 Å². The van der Waals surface area contributed by atoms with Gasteiger partial charge in [0.05, 0.1) is 17.6 Å². The molecule has 1 aromatic carbocycles. The van der Waals surface area contributed by atoms with E-state index in [1.54, 1.807) is 13.2 Å². The summed E-state index contributed by atoms with van der Waals surface area (Å²) in [6.07, 6.45) is 7.63. The highest BCUT2D eigenvalue weighted by Gasteiger charge is 2.23. The molecule has 162 valence electrons. The van der Waals surface area contributed by atoms with Crippen molar-refractivity contribution in [1.29, 1.82) is 0 Å². The number of benzene rings is 1. The fraction of sp³-hybridized carbons (Fsp3) is 0.286. The van der Waals surface area contributed by atoms with Gasteiger partial charge in [0.25, 0.3) is 11.5 Å². The van der Waals surface area contributed by atoms with Crippen molar-refractivity contribution >= 4 is 17.3 Å². The number of hydrogen-bond acceptors (Lipinski definition) is 6. The van der Waals surface area contributed by atoms with Crippen molar-refractivity contribution in [3.05, 3.63) is 63.7 Å². The molecule has 0 saturated carbocycles. The highest BCUT2D eigenvalue weighted by Crippen LogP contribution is 2.37. The third kappa shape index (κ3) is 4.40. The van der Waals surface area contributed by atoms with Gasteiger partial charge in [0, 0.05) is 30.4 Å². The van der Waals surface area contributed by atoms with Crippen LogP contribution in [0.15, 0.2) is 35.4 Å². The fourth-order valence-electron chi connectivity index (χ4n) is 3.68. The van der Waals surface area contributed by atoms with E-state index < -0.39 is 23.0 Å². The summed E-state index contributed by atoms with van der Waals surface area (Å²) in [6.45, 7) is 0. The Hall–Kier alpha value is -2.98. The number of pyridine rings is 1. The second-order valence-electron chi connectivity index (χ2n) is 7.26. The van der Waals surface area contributed by atoms with Crippen LogP contribution in [0, 0.1) is 11.6 Å². The van der Waals surface area contributed by atoms with E-state index in [0.29, 0.717) is 24.1 Å². The van der Waals surface area contributed by atoms with Crippen molar-refractivity contribution in [1.82, 2.24) is 14.5 Å². The first-order valence-electron chi connectivity index (χ1n) is 9.65. The summed E-state index contributed by atoms with van der Waals surface area (Å²) in [5.74, 6) is -1.56. The van der Waals surface area contributed by atoms with Gasteiger partial charge in [-0.2, -0.15) is 4.72 Å². The topological polar surface area (TPSA) is 92.1 Å². The summed E-state index contributed by atoms with van der Waals surface area (Å²) in [5.41, 5.74) is 2.49. The van der Waals surface area contributed by atoms with Gasteiger partial charge in [-0.1, -0.05) is 0 Å². The van der Waals surface area contributed by atoms with E-state index in [-0.39, 0.29) is 23.0 Å². The van der Waals surface area contributed by atoms with E-state index in [0.717, 1.165) is 36.1 Å². The summed E-state index contributed by atoms with van der Waals surface area (Å²) in [7, 11) is 1.66. The van der Waals surface area contributed by atoms with Crippen LogP contribution in [-0.4, -0.2) is 25.3 Å². The molecule has 7 nitrogen and oxygen atoms in total. The Labute approximate surface area is 180 Å². The van der Waals surface area contributed by atoms with E-state index in [4.69, 9.17) is 4.74 Å². The normalized spacial score (nSPS) is 14.1. The molecule has 0 amide bonds. The Balaban J connectivity index is 1.89. The van der Waals surface area contributed by atoms with Crippen LogP contribution in [0.4, 0.5) is 14.7 Å². The first kappa shape index (κ1) is 21.3. The fourth-order valence-corrected chi connectivity index (χ4v) is 4.03. The predicted molar refractivity (Wildman–Crippen MR) is 113 cm³/mol. The zero-order chi connectivity index (χ0) is 22.1. The molecule has 0 radical (unpaired) electrons. The Bertz CT molecular complexity index is 1200. The predicted octanol–water partition coefficient (Wildman–Crippen LogP) is 3.50. The molecule has 4 rings (SSSR count). The van der Waals surface area contributed by atoms with Crippen LogP contribution in [0.2, 0.25) is 0 Å². The summed E-state index contributed by atoms with van der Waals surface area (Å²) in [6, 6.07) is 2.99. The third-order valence-corrected chi connectivity index (χ3v) is 5.52. The first-order valence-corrected chi connectivity index (χ1v) is 11.2. The number of hydrogen-bond donors (Lipinski definition) is 1. The second-order valence-corrected chi connectivity index (χ2v) is 8.37. The average molecular weight is 446 g/mol. The summed E-state index contributed by atoms with van der Waals surface area (Å²) in [5, 5.41) is 0. The molecule has 1 aliphatic rings. The zero-order valence-electron chi connectivity index (χ0n) is 16.9. The lowest BCUT2D eigenvalue weighted by atomic mass is 9.88. The highest BCUT2D eigenvalue weighted by atomic mass is 32.2. The van der Waals surface area contributed by atoms with Gasteiger partial charge in [0.15, 0.2) is 17.3 Å². The SMILES string of the molecule is Cn1cc(-c2nc(N[S+](C)[O-])ncc2Oc2ccc(F)cc2F)c2c(c1=O)CCCC2. The minimum Gasteiger partial charge on any atom is -0.593 e. The standard InChI is InChI=1S/C21H20F2N4O3S/c1-27-11-15(13-5-3-4-6-14(13)20(27)28)19-18(10-24-21(25-19)26-31(2)29)30-17-8-7-12(22)9-16(17)23/h7-11H,3-6H2,1-2H3,(H,24,25,26). The average Bonchev–Trinajstić information content (AvgIpc) is 2.73. The van der Waals surface area contributed by atoms with Gasteiger partial charge in [-0.15, -0.1) is 0 Å². The molecule has 0 aliphatic heterocycles. The maximum absolute atomic E-state index is 14.2. The van der Waals surface area contributed by atoms with Gasteiger partial charge in [-0.05, 0) is 43.4 Å². The molecule has 1 unspecified atom stereocenters. The van der Waals surface area contributed by atoms with Crippen molar-refractivity contribution in [3.8, 4) is 22.8 Å². The Morgan fingerprint density at radius 2 is 1.94 bits per heavy atom. The summed E-state index contributed by atoms with van der Waals surface area (Å²) >= 11 is -1.41. The number of ether oxygens (including phenoxy) is 1. The molecule has 0 bridgehead atoms. The summed E-state index contributed by atoms with van der Waals surface area (Å²) in [4.78, 5) is 21.2. The molecule has 10 heteroatoms. The van der Waals surface area contributed by atoms with Gasteiger partial charge < -0.3 is 13.9 Å². The third-order valence-electron chi connectivity index (χ3n) is 5.05. The maximum Gasteiger partial charge on any atom is 0.265 e. The lowest BCUT2D eigenvalue weighted by molar-refractivity contribution is 0.436. The Morgan fingerprint density at radius 1 is 1.19 bits per heavy atom. The number of halogens is 2. The molecule has 1 aliphatic carbocycles. The molecule has 2 heterocycles. The van der Waals surface area contributed by atoms with Crippen LogP contribution in [-0.2, 0) is 31.3 Å². The van der Waals surface area contributed by atoms with E-state index in [9.17, 15) is 18.1 Å². The molecule has 0 spiro atoms. The number of anilines is 1. The number of aryl methyl sites for hydroxylation is 1. The van der Waals surface area contributed by atoms with Crippen LogP contribution in [0.3, 0.4) is 0 Å². The van der Waals surface area contributed by atoms with E-state index in [1.165, 1.54) is 23.1 Å². The molecule has 0 saturated heterocycles. The monoisotopic (exact) mass is 446 g/mol. The van der Waals surface area contributed by atoms with Gasteiger partial charge in [-0.25, -0.2) is 18.7 Å². The molecule has 1 N–H and O–H groups in total. The quantitative estimate of drug-likeness (QED) is 0.603. The van der Waals surface area contributed by atoms with Crippen LogP contribution < -0.4 is 15.0 Å². The molecule has 1 atom stereocenters. The first-order chi connectivity index (χ1) is 14.8. The minimum absolute atomic E-state index is 0.0624. The number of fused-ring (bicyclic) bond motifs is 1. The van der Waals surface area contributed by atoms with Gasteiger partial charge in [0.2, 0.25) is 0 Å². The van der Waals surface area contributed by atoms with Crippen molar-refractivity contribution in [2.45, 2.75) is 25.7 Å². The molecule has 3 aromatic rings. The van der Waals surface area contributed by atoms with E-state index >= 15 is 0 Å². The number of rotatable bonds is 5. The number of aromatic nitrogens is 3. The minimum atomic E-state index is -1.41. The molecular weight excluding hydrogens is 426 g/mol. The van der Waals surface area contributed by atoms with Crippen molar-refractivity contribution < 1.29 is 18.1 Å². The van der Waals surface area contributed by atoms with Crippen LogP contribution >= 0.6 is 0 Å². The molecule has 0 fully saturated rings. The van der Waals surface area contributed by atoms with Crippen LogP contribution in [0.1, 0.15) is 24.0 Å². The lowest BCUT2D eigenvalue weighted by Gasteiger charge is -2.21. The largest absolute Gasteiger partial charge is 0.593 e. The zero-order valence-corrected chi connectivity index (χ0v) is 17.8. The van der Waals surface area contributed by atoms with Gasteiger partial charge >= 0.3 is 0 Å². The highest BCUT2D eigenvalue weighted by molar-refractivity contribution is 7.91. The van der Waals surface area contributed by atoms with Crippen molar-refractivity contribution in [2.24, 2.45) is 7.05 Å². The number of nitrogens with one attached hydrogen (secondary N) is 1. The Kier molecular flexibility index (Phi) is 5.92. The van der Waals surface area contributed by atoms with Crippen LogP contribution in [0.5, 0.6) is 11.5 Å². The van der Waals surface area contributed by atoms with Crippen molar-refractivity contribution in [3.63, 3.8) is 0 Å². The van der Waals surface area contributed by atoms with Gasteiger partial charge in [0.1, 0.15) is 17.8 Å². The van der Waals surface area contributed by atoms with Gasteiger partial charge in [-0.3, -0.25) is 4.79 Å². The molecule has 2 aromatic heterocycles. The summed E-state index contributed by atoms with van der Waals surface area (Å²) < 4.78 is 48.9. The molecular formula is C21H20F2N4O3S. The lowest BCUT2D eigenvalue weighted by Crippen LogP contribution is -2.25. The van der Waals surface area contributed by atoms with Crippen molar-refractivity contribution in [2.75, 3.05) is 11.0 Å². The Morgan fingerprint density at radius 3 is 2.65 bits per heavy atom. The maximum atomic E-state index is 14.2. The smallest absolute Gasteiger partial charge is 0.265 e. The van der Waals surface area contributed by atoms with E-state index in [2.05, 4.69) is 14.7 Å².